The molecule has 68 valence electrons. The Bertz CT molecular complexity index is 667. The number of aromatic nitrogens is 4. The summed E-state index contributed by atoms with van der Waals surface area (Å²) in [6, 6.07) is 7.91. The van der Waals surface area contributed by atoms with Crippen molar-refractivity contribution in [2.45, 2.75) is 0 Å². The van der Waals surface area contributed by atoms with Crippen LogP contribution in [0.4, 0.5) is 0 Å². The summed E-state index contributed by atoms with van der Waals surface area (Å²) < 4.78 is 2.50. The van der Waals surface area contributed by atoms with Gasteiger partial charge >= 0.3 is 0 Å². The van der Waals surface area contributed by atoms with E-state index in [1.54, 1.807) is 6.33 Å². The highest BCUT2D eigenvalue weighted by Gasteiger charge is 2.02. The van der Waals surface area contributed by atoms with E-state index in [2.05, 4.69) is 15.2 Å². The molecule has 1 N–H and O–H groups in total. The molecule has 0 atom stereocenters. The monoisotopic (exact) mass is 202 g/mol. The van der Waals surface area contributed by atoms with Crippen molar-refractivity contribution in [1.82, 2.24) is 19.6 Å². The number of benzene rings is 1. The first kappa shape index (κ1) is 7.64. The van der Waals surface area contributed by atoms with Gasteiger partial charge in [0.25, 0.3) is 0 Å². The van der Waals surface area contributed by atoms with E-state index in [-0.39, 0.29) is 0 Å². The quantitative estimate of drug-likeness (QED) is 0.567. The molecule has 2 heterocycles. The summed E-state index contributed by atoms with van der Waals surface area (Å²) in [5.41, 5.74) is 2.71. The molecule has 0 fully saturated rings. The van der Waals surface area contributed by atoms with Gasteiger partial charge in [-0.05, 0) is 12.1 Å². The molecule has 0 aliphatic carbocycles. The third kappa shape index (κ3) is 0.898. The zero-order valence-electron chi connectivity index (χ0n) is 7.14. The van der Waals surface area contributed by atoms with Crippen molar-refractivity contribution in [3.63, 3.8) is 0 Å². The highest BCUT2D eigenvalue weighted by molar-refractivity contribution is 7.71. The summed E-state index contributed by atoms with van der Waals surface area (Å²) in [6.45, 7) is 0. The van der Waals surface area contributed by atoms with Crippen LogP contribution in [0.1, 0.15) is 0 Å². The molecule has 14 heavy (non-hydrogen) atoms. The molecule has 0 saturated carbocycles. The van der Waals surface area contributed by atoms with E-state index in [1.165, 1.54) is 0 Å². The second-order valence-corrected chi connectivity index (χ2v) is 3.40. The third-order valence-electron chi connectivity index (χ3n) is 2.16. The normalized spacial score (nSPS) is 11.1. The Hall–Kier alpha value is -1.75. The van der Waals surface area contributed by atoms with Gasteiger partial charge in [0.05, 0.1) is 11.0 Å². The lowest BCUT2D eigenvalue weighted by Crippen LogP contribution is -1.90. The largest absolute Gasteiger partial charge is 0.342 e. The number of nitrogens with one attached hydrogen (secondary N) is 1. The maximum absolute atomic E-state index is 5.16. The van der Waals surface area contributed by atoms with Gasteiger partial charge in [-0.25, -0.2) is 0 Å². The highest BCUT2D eigenvalue weighted by Crippen LogP contribution is 2.13. The number of hydrogen-bond acceptors (Lipinski definition) is 3. The fraction of sp³-hybridized carbons (Fsp3) is 0. The second kappa shape index (κ2) is 2.62. The minimum atomic E-state index is 0.612. The van der Waals surface area contributed by atoms with Crippen LogP contribution in [-0.2, 0) is 0 Å². The molecular formula is C9H6N4S. The van der Waals surface area contributed by atoms with Crippen LogP contribution >= 0.6 is 12.2 Å². The summed E-state index contributed by atoms with van der Waals surface area (Å²) >= 11 is 5.16. The van der Waals surface area contributed by atoms with Crippen molar-refractivity contribution in [1.29, 1.82) is 0 Å². The molecule has 0 saturated heterocycles. The Morgan fingerprint density at radius 2 is 2.14 bits per heavy atom. The van der Waals surface area contributed by atoms with Crippen molar-refractivity contribution in [2.75, 3.05) is 0 Å². The number of rotatable bonds is 0. The molecule has 0 bridgehead atoms. The van der Waals surface area contributed by atoms with Crippen LogP contribution in [0.3, 0.4) is 0 Å². The SMILES string of the molecule is S=c1[nH]c2ccccc2n2cnnc12. The average Bonchev–Trinajstić information content (AvgIpc) is 2.67. The highest BCUT2D eigenvalue weighted by atomic mass is 32.1. The molecule has 4 nitrogen and oxygen atoms in total. The maximum Gasteiger partial charge on any atom is 0.196 e. The zero-order valence-corrected chi connectivity index (χ0v) is 7.95. The average molecular weight is 202 g/mol. The predicted octanol–water partition coefficient (Wildman–Crippen LogP) is 1.94. The van der Waals surface area contributed by atoms with Crippen LogP contribution in [0.25, 0.3) is 16.7 Å². The van der Waals surface area contributed by atoms with Gasteiger partial charge in [-0.1, -0.05) is 24.4 Å². The number of fused-ring (bicyclic) bond motifs is 3. The first-order valence-corrected chi connectivity index (χ1v) is 4.58. The van der Waals surface area contributed by atoms with Crippen LogP contribution in [0, 0.1) is 4.64 Å². The van der Waals surface area contributed by atoms with Gasteiger partial charge in [-0.15, -0.1) is 10.2 Å². The Kier molecular flexibility index (Phi) is 1.43. The summed E-state index contributed by atoms with van der Waals surface area (Å²) in [5, 5.41) is 7.78. The van der Waals surface area contributed by atoms with Crippen molar-refractivity contribution in [2.24, 2.45) is 0 Å². The van der Waals surface area contributed by atoms with Crippen LogP contribution < -0.4 is 0 Å². The van der Waals surface area contributed by atoms with Crippen LogP contribution in [0.5, 0.6) is 0 Å². The van der Waals surface area contributed by atoms with Crippen molar-refractivity contribution in [3.05, 3.63) is 35.2 Å². The zero-order chi connectivity index (χ0) is 9.54. The molecule has 0 unspecified atom stereocenters. The molecule has 1 aromatic carbocycles. The van der Waals surface area contributed by atoms with Crippen molar-refractivity contribution in [3.8, 4) is 0 Å². The lowest BCUT2D eigenvalue weighted by Gasteiger charge is -2.00. The summed E-state index contributed by atoms with van der Waals surface area (Å²) in [5.74, 6) is 0. The van der Waals surface area contributed by atoms with Gasteiger partial charge in [-0.2, -0.15) is 0 Å². The number of H-pyrrole nitrogens is 1. The number of nitrogens with zero attached hydrogens (tertiary/aromatic N) is 3. The van der Waals surface area contributed by atoms with Gasteiger partial charge in [0.2, 0.25) is 0 Å². The Morgan fingerprint density at radius 3 is 3.07 bits per heavy atom. The molecule has 0 spiro atoms. The molecule has 0 aliphatic rings. The van der Waals surface area contributed by atoms with Gasteiger partial charge in [0.1, 0.15) is 11.0 Å². The van der Waals surface area contributed by atoms with Gasteiger partial charge in [-0.3, -0.25) is 4.40 Å². The van der Waals surface area contributed by atoms with Crippen LogP contribution in [-0.4, -0.2) is 19.6 Å². The molecule has 0 aliphatic heterocycles. The molecular weight excluding hydrogens is 196 g/mol. The van der Waals surface area contributed by atoms with E-state index in [1.807, 2.05) is 28.7 Å². The molecule has 0 radical (unpaired) electrons. The molecule has 3 aromatic rings. The van der Waals surface area contributed by atoms with E-state index in [9.17, 15) is 0 Å². The summed E-state index contributed by atoms with van der Waals surface area (Å²) in [4.78, 5) is 3.11. The number of para-hydroxylation sites is 2. The second-order valence-electron chi connectivity index (χ2n) is 3.00. The first-order valence-electron chi connectivity index (χ1n) is 4.17. The van der Waals surface area contributed by atoms with Crippen molar-refractivity contribution >= 4 is 28.9 Å². The standard InChI is InChI=1S/C9H6N4S/c14-9-8-12-10-5-13(8)7-4-2-1-3-6(7)11-9/h1-5H,(H,11,14). The third-order valence-corrected chi connectivity index (χ3v) is 2.45. The van der Waals surface area contributed by atoms with Gasteiger partial charge < -0.3 is 4.98 Å². The molecule has 2 aromatic heterocycles. The fourth-order valence-corrected chi connectivity index (χ4v) is 1.78. The smallest absolute Gasteiger partial charge is 0.196 e. The minimum Gasteiger partial charge on any atom is -0.342 e. The first-order chi connectivity index (χ1) is 6.86. The predicted molar refractivity (Wildman–Crippen MR) is 55.7 cm³/mol. The van der Waals surface area contributed by atoms with E-state index in [4.69, 9.17) is 12.2 Å². The number of hydrogen-bond donors (Lipinski definition) is 1. The molecule has 5 heteroatoms. The van der Waals surface area contributed by atoms with Crippen LogP contribution in [0.2, 0.25) is 0 Å². The van der Waals surface area contributed by atoms with E-state index < -0.39 is 0 Å². The Balaban J connectivity index is 2.73. The van der Waals surface area contributed by atoms with Gasteiger partial charge in [0.15, 0.2) is 5.65 Å². The summed E-state index contributed by atoms with van der Waals surface area (Å²) in [7, 11) is 0. The summed E-state index contributed by atoms with van der Waals surface area (Å²) in [6.07, 6.45) is 1.67. The molecule has 0 amide bonds. The Labute approximate surface area is 84.2 Å². The Morgan fingerprint density at radius 1 is 1.29 bits per heavy atom. The molecule has 3 rings (SSSR count). The lowest BCUT2D eigenvalue weighted by molar-refractivity contribution is 1.11. The number of aromatic amines is 1. The van der Waals surface area contributed by atoms with E-state index >= 15 is 0 Å². The van der Waals surface area contributed by atoms with E-state index in [0.29, 0.717) is 10.3 Å². The van der Waals surface area contributed by atoms with E-state index in [0.717, 1.165) is 11.0 Å². The fourth-order valence-electron chi connectivity index (χ4n) is 1.53. The minimum absolute atomic E-state index is 0.612. The van der Waals surface area contributed by atoms with Gasteiger partial charge in [0, 0.05) is 0 Å². The van der Waals surface area contributed by atoms with Crippen molar-refractivity contribution < 1.29 is 0 Å². The maximum atomic E-state index is 5.16. The topological polar surface area (TPSA) is 46.0 Å². The lowest BCUT2D eigenvalue weighted by atomic mass is 10.3. The van der Waals surface area contributed by atoms with Crippen LogP contribution in [0.15, 0.2) is 30.6 Å².